The Morgan fingerprint density at radius 1 is 0.757 bits per heavy atom. The van der Waals surface area contributed by atoms with Crippen LogP contribution in [-0.4, -0.2) is 16.8 Å². The van der Waals surface area contributed by atoms with Gasteiger partial charge in [-0.2, -0.15) is 0 Å². The van der Waals surface area contributed by atoms with E-state index >= 15 is 0 Å². The molecule has 0 heterocycles. The molecule has 0 unspecified atom stereocenters. The molecule has 0 radical (unpaired) electrons. The molecule has 0 aliphatic carbocycles. The van der Waals surface area contributed by atoms with Gasteiger partial charge >= 0.3 is 0 Å². The van der Waals surface area contributed by atoms with E-state index in [4.69, 9.17) is 0 Å². The van der Waals surface area contributed by atoms with E-state index in [1.54, 1.807) is 24.3 Å². The van der Waals surface area contributed by atoms with Gasteiger partial charge in [-0.05, 0) is 54.1 Å². The molecule has 2 aromatic carbocycles. The number of amides is 1. The van der Waals surface area contributed by atoms with Crippen molar-refractivity contribution >= 4 is 29.4 Å². The zero-order chi connectivity index (χ0) is 26.4. The fourth-order valence-electron chi connectivity index (χ4n) is 4.49. The number of rotatable bonds is 21. The first-order chi connectivity index (χ1) is 18.2. The molecular formula is C33H49NO2S. The lowest BCUT2D eigenvalue weighted by molar-refractivity contribution is -0.111. The standard InChI is InChI=1S/C33H49NO2S/c1-2-3-4-5-6-7-8-9-10-11-12-13-14-15-16-17-26-37-32-23-19-21-30(28-32)34-33(36)25-24-29-20-18-22-31(35)27-29/h18-25,27-28,35H,2-17,26H2,1H3,(H,34,36). The van der Waals surface area contributed by atoms with Gasteiger partial charge in [0.1, 0.15) is 5.75 Å². The smallest absolute Gasteiger partial charge is 0.248 e. The van der Waals surface area contributed by atoms with Crippen molar-refractivity contribution in [3.63, 3.8) is 0 Å². The number of nitrogens with one attached hydrogen (secondary N) is 1. The molecule has 0 fully saturated rings. The highest BCUT2D eigenvalue weighted by molar-refractivity contribution is 7.99. The van der Waals surface area contributed by atoms with Crippen molar-refractivity contribution in [2.45, 2.75) is 115 Å². The second kappa shape index (κ2) is 20.8. The Balaban J connectivity index is 1.45. The highest BCUT2D eigenvalue weighted by Gasteiger charge is 2.01. The first-order valence-corrected chi connectivity index (χ1v) is 15.7. The van der Waals surface area contributed by atoms with Crippen molar-refractivity contribution in [1.82, 2.24) is 0 Å². The molecule has 0 atom stereocenters. The first-order valence-electron chi connectivity index (χ1n) is 14.7. The van der Waals surface area contributed by atoms with Crippen LogP contribution >= 0.6 is 11.8 Å². The van der Waals surface area contributed by atoms with Crippen LogP contribution in [0, 0.1) is 0 Å². The summed E-state index contributed by atoms with van der Waals surface area (Å²) in [5.74, 6) is 1.13. The number of carbonyl (C=O) groups is 1. The maximum absolute atomic E-state index is 12.2. The zero-order valence-electron chi connectivity index (χ0n) is 23.1. The number of benzene rings is 2. The molecule has 1 amide bonds. The maximum atomic E-state index is 12.2. The summed E-state index contributed by atoms with van der Waals surface area (Å²) < 4.78 is 0. The van der Waals surface area contributed by atoms with Crippen LogP contribution in [-0.2, 0) is 4.79 Å². The molecule has 4 heteroatoms. The minimum atomic E-state index is -0.178. The Morgan fingerprint density at radius 2 is 1.32 bits per heavy atom. The van der Waals surface area contributed by atoms with Crippen LogP contribution in [0.15, 0.2) is 59.5 Å². The average molecular weight is 524 g/mol. The molecule has 0 saturated carbocycles. The molecule has 0 bridgehead atoms. The van der Waals surface area contributed by atoms with Crippen molar-refractivity contribution in [1.29, 1.82) is 0 Å². The van der Waals surface area contributed by atoms with Gasteiger partial charge in [0.2, 0.25) is 5.91 Å². The third-order valence-corrected chi connectivity index (χ3v) is 7.75. The molecule has 0 saturated heterocycles. The molecule has 0 aromatic heterocycles. The van der Waals surface area contributed by atoms with E-state index in [1.807, 2.05) is 36.0 Å². The number of aromatic hydroxyl groups is 1. The van der Waals surface area contributed by atoms with Gasteiger partial charge in [-0.1, -0.05) is 121 Å². The lowest BCUT2D eigenvalue weighted by Gasteiger charge is -2.06. The van der Waals surface area contributed by atoms with Crippen molar-refractivity contribution in [3.8, 4) is 5.75 Å². The first kappa shape index (κ1) is 31.0. The SMILES string of the molecule is CCCCCCCCCCCCCCCCCCSc1cccc(NC(=O)C=Cc2cccc(O)c2)c1. The second-order valence-electron chi connectivity index (χ2n) is 10.1. The predicted molar refractivity (Wildman–Crippen MR) is 162 cm³/mol. The normalized spacial score (nSPS) is 11.3. The highest BCUT2D eigenvalue weighted by atomic mass is 32.2. The van der Waals surface area contributed by atoms with E-state index in [2.05, 4.69) is 18.3 Å². The summed E-state index contributed by atoms with van der Waals surface area (Å²) in [6.45, 7) is 2.29. The monoisotopic (exact) mass is 523 g/mol. The van der Waals surface area contributed by atoms with Gasteiger partial charge < -0.3 is 10.4 Å². The average Bonchev–Trinajstić information content (AvgIpc) is 2.89. The van der Waals surface area contributed by atoms with Gasteiger partial charge in [0, 0.05) is 16.7 Å². The van der Waals surface area contributed by atoms with Crippen LogP contribution < -0.4 is 5.32 Å². The Morgan fingerprint density at radius 3 is 1.92 bits per heavy atom. The Kier molecular flexibility index (Phi) is 17.4. The molecule has 0 spiro atoms. The van der Waals surface area contributed by atoms with Crippen LogP contribution in [0.4, 0.5) is 5.69 Å². The molecule has 3 nitrogen and oxygen atoms in total. The summed E-state index contributed by atoms with van der Waals surface area (Å²) >= 11 is 1.86. The summed E-state index contributed by atoms with van der Waals surface area (Å²) in [5, 5.41) is 12.4. The predicted octanol–water partition coefficient (Wildman–Crippen LogP) is 10.4. The fourth-order valence-corrected chi connectivity index (χ4v) is 5.46. The van der Waals surface area contributed by atoms with Crippen LogP contribution in [0.25, 0.3) is 6.08 Å². The van der Waals surface area contributed by atoms with Gasteiger partial charge in [0.25, 0.3) is 0 Å². The van der Waals surface area contributed by atoms with Crippen LogP contribution in [0.2, 0.25) is 0 Å². The van der Waals surface area contributed by atoms with Crippen molar-refractivity contribution < 1.29 is 9.90 Å². The number of anilines is 1. The van der Waals surface area contributed by atoms with E-state index in [-0.39, 0.29) is 11.7 Å². The minimum Gasteiger partial charge on any atom is -0.508 e. The minimum absolute atomic E-state index is 0.178. The fraction of sp³-hybridized carbons (Fsp3) is 0.545. The van der Waals surface area contributed by atoms with E-state index in [0.717, 1.165) is 17.0 Å². The van der Waals surface area contributed by atoms with Crippen molar-refractivity contribution in [3.05, 3.63) is 60.2 Å². The Hall–Kier alpha value is -2.20. The molecule has 2 rings (SSSR count). The molecule has 2 aromatic rings. The lowest BCUT2D eigenvalue weighted by atomic mass is 10.0. The third kappa shape index (κ3) is 16.3. The van der Waals surface area contributed by atoms with Gasteiger partial charge in [0.05, 0.1) is 0 Å². The van der Waals surface area contributed by atoms with Crippen LogP contribution in [0.3, 0.4) is 0 Å². The summed E-state index contributed by atoms with van der Waals surface area (Å²) in [6, 6.07) is 14.9. The van der Waals surface area contributed by atoms with Gasteiger partial charge in [-0.15, -0.1) is 11.8 Å². The maximum Gasteiger partial charge on any atom is 0.248 e. The third-order valence-electron chi connectivity index (χ3n) is 6.67. The summed E-state index contributed by atoms with van der Waals surface area (Å²) in [7, 11) is 0. The van der Waals surface area contributed by atoms with E-state index < -0.39 is 0 Å². The van der Waals surface area contributed by atoms with E-state index in [1.165, 1.54) is 114 Å². The van der Waals surface area contributed by atoms with E-state index in [0.29, 0.717) is 0 Å². The molecule has 37 heavy (non-hydrogen) atoms. The van der Waals surface area contributed by atoms with Gasteiger partial charge in [0.15, 0.2) is 0 Å². The number of phenolic OH excluding ortho intramolecular Hbond substituents is 1. The Labute approximate surface area is 230 Å². The second-order valence-corrected chi connectivity index (χ2v) is 11.3. The number of thioether (sulfide) groups is 1. The van der Waals surface area contributed by atoms with Crippen LogP contribution in [0.1, 0.15) is 115 Å². The molecule has 2 N–H and O–H groups in total. The molecule has 204 valence electrons. The van der Waals surface area contributed by atoms with Crippen molar-refractivity contribution in [2.24, 2.45) is 0 Å². The summed E-state index contributed by atoms with van der Waals surface area (Å²) in [5.41, 5.74) is 1.60. The number of unbranched alkanes of at least 4 members (excludes halogenated alkanes) is 15. The van der Waals surface area contributed by atoms with Crippen molar-refractivity contribution in [2.75, 3.05) is 11.1 Å². The summed E-state index contributed by atoms with van der Waals surface area (Å²) in [4.78, 5) is 13.4. The quantitative estimate of drug-likeness (QED) is 0.0971. The number of carbonyl (C=O) groups excluding carboxylic acids is 1. The lowest BCUT2D eigenvalue weighted by Crippen LogP contribution is -2.07. The molecular weight excluding hydrogens is 474 g/mol. The van der Waals surface area contributed by atoms with Gasteiger partial charge in [-0.3, -0.25) is 4.79 Å². The number of hydrogen-bond acceptors (Lipinski definition) is 3. The number of phenols is 1. The topological polar surface area (TPSA) is 49.3 Å². The Bertz CT molecular complexity index is 895. The molecule has 0 aliphatic heterocycles. The van der Waals surface area contributed by atoms with Gasteiger partial charge in [-0.25, -0.2) is 0 Å². The van der Waals surface area contributed by atoms with Crippen LogP contribution in [0.5, 0.6) is 5.75 Å². The largest absolute Gasteiger partial charge is 0.508 e. The molecule has 0 aliphatic rings. The highest BCUT2D eigenvalue weighted by Crippen LogP contribution is 2.23. The summed E-state index contributed by atoms with van der Waals surface area (Å²) in [6.07, 6.45) is 25.5. The zero-order valence-corrected chi connectivity index (χ0v) is 23.9. The van der Waals surface area contributed by atoms with E-state index in [9.17, 15) is 9.90 Å². The number of hydrogen-bond donors (Lipinski definition) is 2.